The number of hydrogen-bond acceptors (Lipinski definition) is 6. The van der Waals surface area contributed by atoms with Crippen molar-refractivity contribution in [3.63, 3.8) is 0 Å². The lowest BCUT2D eigenvalue weighted by Crippen LogP contribution is -2.26. The Labute approximate surface area is 164 Å². The van der Waals surface area contributed by atoms with E-state index in [9.17, 15) is 25.3 Å². The van der Waals surface area contributed by atoms with Crippen molar-refractivity contribution < 1.29 is 25.3 Å². The fraction of sp³-hybridized carbons (Fsp3) is 0.250. The number of hydrogen-bond donors (Lipinski definition) is 3. The summed E-state index contributed by atoms with van der Waals surface area (Å²) in [4.78, 5) is -0.426. The van der Waals surface area contributed by atoms with Crippen molar-refractivity contribution in [2.75, 3.05) is 15.7 Å². The van der Waals surface area contributed by atoms with Gasteiger partial charge in [-0.1, -0.05) is 18.2 Å². The maximum Gasteiger partial charge on any atom is 0.262 e. The molecule has 2 aromatic carbocycles. The lowest BCUT2D eigenvalue weighted by molar-refractivity contribution is 0.580. The molecule has 0 unspecified atom stereocenters. The average molecular weight is 446 g/mol. The van der Waals surface area contributed by atoms with E-state index in [1.807, 2.05) is 0 Å². The summed E-state index contributed by atoms with van der Waals surface area (Å²) in [5.41, 5.74) is 0.0602. The fourth-order valence-electron chi connectivity index (χ4n) is 2.36. The lowest BCUT2D eigenvalue weighted by atomic mass is 10.3. The molecule has 28 heavy (non-hydrogen) atoms. The maximum absolute atomic E-state index is 12.7. The molecule has 0 bridgehead atoms. The molecule has 152 valence electrons. The van der Waals surface area contributed by atoms with Gasteiger partial charge in [0, 0.05) is 6.04 Å². The van der Waals surface area contributed by atoms with E-state index in [-0.39, 0.29) is 27.2 Å². The number of nitrogens with one attached hydrogen (secondary N) is 3. The molecule has 0 spiro atoms. The van der Waals surface area contributed by atoms with Gasteiger partial charge in [-0.3, -0.25) is 9.44 Å². The van der Waals surface area contributed by atoms with Crippen LogP contribution < -0.4 is 14.2 Å². The van der Waals surface area contributed by atoms with E-state index in [0.717, 1.165) is 25.2 Å². The minimum absolute atomic E-state index is 0.0114. The first-order chi connectivity index (χ1) is 13.0. The summed E-state index contributed by atoms with van der Waals surface area (Å²) in [6, 6.07) is 10.7. The molecule has 12 heteroatoms. The maximum atomic E-state index is 12.7. The summed E-state index contributed by atoms with van der Waals surface area (Å²) in [7, 11) is -11.6. The monoisotopic (exact) mass is 445 g/mol. The highest BCUT2D eigenvalue weighted by Crippen LogP contribution is 2.27. The van der Waals surface area contributed by atoms with Crippen LogP contribution in [0.25, 0.3) is 0 Å². The molecular formula is C16H19N3O6S3. The minimum atomic E-state index is -4.16. The van der Waals surface area contributed by atoms with Crippen molar-refractivity contribution in [1.82, 2.24) is 4.72 Å². The van der Waals surface area contributed by atoms with Gasteiger partial charge in [-0.25, -0.2) is 30.0 Å². The van der Waals surface area contributed by atoms with Gasteiger partial charge in [0.25, 0.3) is 10.0 Å². The molecule has 0 heterocycles. The van der Waals surface area contributed by atoms with Crippen LogP contribution in [0.4, 0.5) is 11.4 Å². The molecule has 9 nitrogen and oxygen atoms in total. The Hall–Kier alpha value is -2.15. The highest BCUT2D eigenvalue weighted by atomic mass is 32.2. The van der Waals surface area contributed by atoms with Crippen molar-refractivity contribution in [1.29, 1.82) is 0 Å². The predicted molar refractivity (Wildman–Crippen MR) is 106 cm³/mol. The molecule has 0 saturated heterocycles. The largest absolute Gasteiger partial charge is 0.282 e. The van der Waals surface area contributed by atoms with Crippen LogP contribution >= 0.6 is 0 Å². The van der Waals surface area contributed by atoms with Crippen LogP contribution in [0, 0.1) is 0 Å². The Bertz CT molecular complexity index is 1200. The van der Waals surface area contributed by atoms with Crippen molar-refractivity contribution in [3.8, 4) is 0 Å². The van der Waals surface area contributed by atoms with Gasteiger partial charge in [-0.15, -0.1) is 0 Å². The molecule has 0 radical (unpaired) electrons. The van der Waals surface area contributed by atoms with Gasteiger partial charge in [-0.2, -0.15) is 0 Å². The summed E-state index contributed by atoms with van der Waals surface area (Å²) in [6.07, 6.45) is 2.45. The normalized spacial score (nSPS) is 15.2. The Kier molecular flexibility index (Phi) is 5.40. The molecule has 1 fully saturated rings. The minimum Gasteiger partial charge on any atom is -0.282 e. The van der Waals surface area contributed by atoms with Crippen LogP contribution in [0.15, 0.2) is 58.3 Å². The van der Waals surface area contributed by atoms with Crippen molar-refractivity contribution in [3.05, 3.63) is 48.5 Å². The SMILES string of the molecule is CS(=O)(=O)Nc1ccccc1NS(=O)(=O)c1cccc(S(=O)(=O)NC2CC2)c1. The van der Waals surface area contributed by atoms with Gasteiger partial charge in [-0.05, 0) is 43.2 Å². The summed E-state index contributed by atoms with van der Waals surface area (Å²) in [5.74, 6) is 0. The molecule has 2 aromatic rings. The number of anilines is 2. The van der Waals surface area contributed by atoms with E-state index in [1.165, 1.54) is 36.4 Å². The third-order valence-corrected chi connectivity index (χ3v) is 7.26. The second-order valence-electron chi connectivity index (χ2n) is 6.40. The standard InChI is InChI=1S/C16H19N3O6S3/c1-26(20,21)18-15-7-2-3-8-16(15)19-28(24,25)14-6-4-5-13(11-14)27(22,23)17-12-9-10-12/h2-8,11-12,17-19H,9-10H2,1H3. The number of benzene rings is 2. The summed E-state index contributed by atoms with van der Waals surface area (Å²) < 4.78 is 80.1. The molecule has 1 aliphatic rings. The summed E-state index contributed by atoms with van der Waals surface area (Å²) in [6.45, 7) is 0. The van der Waals surface area contributed by atoms with Crippen LogP contribution in [0.5, 0.6) is 0 Å². The first-order valence-corrected chi connectivity index (χ1v) is 13.0. The molecular weight excluding hydrogens is 426 g/mol. The molecule has 0 aromatic heterocycles. The zero-order chi connectivity index (χ0) is 20.6. The molecule has 3 N–H and O–H groups in total. The first-order valence-electron chi connectivity index (χ1n) is 8.18. The first kappa shape index (κ1) is 20.6. The van der Waals surface area contributed by atoms with Gasteiger partial charge in [0.05, 0.1) is 27.4 Å². The van der Waals surface area contributed by atoms with Gasteiger partial charge in [0.15, 0.2) is 0 Å². The summed E-state index contributed by atoms with van der Waals surface area (Å²) >= 11 is 0. The van der Waals surface area contributed by atoms with E-state index in [2.05, 4.69) is 14.2 Å². The second kappa shape index (κ2) is 7.35. The van der Waals surface area contributed by atoms with Crippen LogP contribution in [0.1, 0.15) is 12.8 Å². The van der Waals surface area contributed by atoms with E-state index in [1.54, 1.807) is 6.07 Å². The van der Waals surface area contributed by atoms with E-state index in [4.69, 9.17) is 0 Å². The Morgan fingerprint density at radius 1 is 0.750 bits per heavy atom. The number of rotatable bonds is 8. The zero-order valence-corrected chi connectivity index (χ0v) is 17.2. The molecule has 0 atom stereocenters. The Morgan fingerprint density at radius 2 is 1.29 bits per heavy atom. The van der Waals surface area contributed by atoms with Gasteiger partial charge < -0.3 is 0 Å². The van der Waals surface area contributed by atoms with Crippen LogP contribution in [0.3, 0.4) is 0 Å². The van der Waals surface area contributed by atoms with Gasteiger partial charge in [0.2, 0.25) is 20.0 Å². The number of sulfonamides is 3. The number of para-hydroxylation sites is 2. The van der Waals surface area contributed by atoms with E-state index in [0.29, 0.717) is 0 Å². The Morgan fingerprint density at radius 3 is 1.82 bits per heavy atom. The quantitative estimate of drug-likeness (QED) is 0.560. The topological polar surface area (TPSA) is 139 Å². The average Bonchev–Trinajstić information content (AvgIpc) is 3.39. The molecule has 0 aliphatic heterocycles. The van der Waals surface area contributed by atoms with E-state index < -0.39 is 30.1 Å². The molecule has 1 saturated carbocycles. The highest BCUT2D eigenvalue weighted by molar-refractivity contribution is 7.93. The lowest BCUT2D eigenvalue weighted by Gasteiger charge is -2.14. The predicted octanol–water partition coefficient (Wildman–Crippen LogP) is 1.30. The second-order valence-corrected chi connectivity index (χ2v) is 11.5. The van der Waals surface area contributed by atoms with Gasteiger partial charge in [0.1, 0.15) is 0 Å². The smallest absolute Gasteiger partial charge is 0.262 e. The summed E-state index contributed by atoms with van der Waals surface area (Å²) in [5, 5.41) is 0. The highest BCUT2D eigenvalue weighted by Gasteiger charge is 2.29. The molecule has 0 amide bonds. The van der Waals surface area contributed by atoms with Crippen molar-refractivity contribution in [2.45, 2.75) is 28.7 Å². The van der Waals surface area contributed by atoms with Gasteiger partial charge >= 0.3 is 0 Å². The third-order valence-electron chi connectivity index (χ3n) is 3.79. The molecule has 1 aliphatic carbocycles. The third kappa shape index (κ3) is 5.22. The fourth-order valence-corrected chi connectivity index (χ4v) is 5.49. The Balaban J connectivity index is 1.91. The molecule has 3 rings (SSSR count). The van der Waals surface area contributed by atoms with Crippen LogP contribution in [-0.2, 0) is 30.1 Å². The zero-order valence-electron chi connectivity index (χ0n) is 14.8. The van der Waals surface area contributed by atoms with Crippen molar-refractivity contribution in [2.24, 2.45) is 0 Å². The van der Waals surface area contributed by atoms with E-state index >= 15 is 0 Å². The van der Waals surface area contributed by atoms with Crippen molar-refractivity contribution >= 4 is 41.4 Å². The van der Waals surface area contributed by atoms with Crippen LogP contribution in [-0.4, -0.2) is 37.6 Å². The van der Waals surface area contributed by atoms with Crippen LogP contribution in [0.2, 0.25) is 0 Å².